The number of ketones is 1. The molecule has 0 amide bonds. The van der Waals surface area contributed by atoms with Crippen LogP contribution in [0.2, 0.25) is 0 Å². The molecule has 0 saturated carbocycles. The molecule has 13 heavy (non-hydrogen) atoms. The summed E-state index contributed by atoms with van der Waals surface area (Å²) in [5.74, 6) is -1.43. The SMILES string of the molecule is [N-]=[N+]=CC(=O)CCCC(N)C(=O)O. The number of carboxylic acids is 1. The first-order valence-corrected chi connectivity index (χ1v) is 3.76. The predicted molar refractivity (Wildman–Crippen MR) is 44.2 cm³/mol. The van der Waals surface area contributed by atoms with Gasteiger partial charge in [0.05, 0.1) is 0 Å². The second-order valence-corrected chi connectivity index (χ2v) is 2.55. The Labute approximate surface area is 75.0 Å². The standard InChI is InChI=1S/C7H11N3O3/c8-6(7(12)13)3-1-2-5(11)4-10-9/h4,6H,1-3,8H2,(H,12,13). The van der Waals surface area contributed by atoms with E-state index in [4.69, 9.17) is 16.4 Å². The predicted octanol–water partition coefficient (Wildman–Crippen LogP) is -0.562. The first kappa shape index (κ1) is 11.5. The normalized spacial score (nSPS) is 11.5. The van der Waals surface area contributed by atoms with Crippen LogP contribution in [0.5, 0.6) is 0 Å². The van der Waals surface area contributed by atoms with E-state index < -0.39 is 12.0 Å². The number of aliphatic carboxylic acids is 1. The average Bonchev–Trinajstić information content (AvgIpc) is 2.04. The summed E-state index contributed by atoms with van der Waals surface area (Å²) in [4.78, 5) is 23.5. The summed E-state index contributed by atoms with van der Waals surface area (Å²) in [6.07, 6.45) is 1.54. The van der Waals surface area contributed by atoms with Gasteiger partial charge in [-0.2, -0.15) is 4.79 Å². The molecular formula is C7H11N3O3. The highest BCUT2D eigenvalue weighted by Gasteiger charge is 2.11. The van der Waals surface area contributed by atoms with Crippen LogP contribution in [0.15, 0.2) is 0 Å². The number of carbonyl (C=O) groups is 2. The number of nitrogens with zero attached hydrogens (tertiary/aromatic N) is 2. The van der Waals surface area contributed by atoms with E-state index in [1.54, 1.807) is 0 Å². The Bertz CT molecular complexity index is 245. The largest absolute Gasteiger partial charge is 0.480 e. The van der Waals surface area contributed by atoms with Crippen molar-refractivity contribution in [1.82, 2.24) is 0 Å². The fraction of sp³-hybridized carbons (Fsp3) is 0.571. The molecular weight excluding hydrogens is 174 g/mol. The Morgan fingerprint density at radius 3 is 2.69 bits per heavy atom. The maximum Gasteiger partial charge on any atom is 0.323 e. The lowest BCUT2D eigenvalue weighted by Crippen LogP contribution is -2.29. The van der Waals surface area contributed by atoms with Crippen LogP contribution in [0.1, 0.15) is 19.3 Å². The molecule has 6 heteroatoms. The molecule has 0 heterocycles. The van der Waals surface area contributed by atoms with E-state index in [0.29, 0.717) is 6.42 Å². The van der Waals surface area contributed by atoms with Gasteiger partial charge in [0.1, 0.15) is 6.04 Å². The number of hydrogen-bond donors (Lipinski definition) is 2. The van der Waals surface area contributed by atoms with Gasteiger partial charge in [-0.25, -0.2) is 0 Å². The van der Waals surface area contributed by atoms with Crippen molar-refractivity contribution < 1.29 is 19.5 Å². The molecule has 0 rings (SSSR count). The monoisotopic (exact) mass is 185 g/mol. The minimum atomic E-state index is -1.08. The lowest BCUT2D eigenvalue weighted by Gasteiger charge is -2.02. The van der Waals surface area contributed by atoms with Crippen LogP contribution < -0.4 is 5.73 Å². The van der Waals surface area contributed by atoms with Gasteiger partial charge in [0.25, 0.3) is 0 Å². The van der Waals surface area contributed by atoms with Crippen LogP contribution in [-0.2, 0) is 9.59 Å². The van der Waals surface area contributed by atoms with E-state index in [1.165, 1.54) is 0 Å². The van der Waals surface area contributed by atoms with E-state index in [2.05, 4.69) is 4.79 Å². The molecule has 0 bridgehead atoms. The van der Waals surface area contributed by atoms with Gasteiger partial charge < -0.3 is 16.4 Å². The van der Waals surface area contributed by atoms with Gasteiger partial charge in [-0.3, -0.25) is 9.59 Å². The molecule has 0 aliphatic carbocycles. The van der Waals surface area contributed by atoms with Crippen LogP contribution in [0.3, 0.4) is 0 Å². The highest BCUT2D eigenvalue weighted by atomic mass is 16.4. The molecule has 1 unspecified atom stereocenters. The Hall–Kier alpha value is -1.52. The summed E-state index contributed by atoms with van der Waals surface area (Å²) in [5, 5.41) is 8.37. The number of carboxylic acid groups (broad SMARTS) is 1. The summed E-state index contributed by atoms with van der Waals surface area (Å²) in [5.41, 5.74) is 13.1. The van der Waals surface area contributed by atoms with Crippen LogP contribution in [-0.4, -0.2) is 33.9 Å². The highest BCUT2D eigenvalue weighted by Crippen LogP contribution is 1.98. The van der Waals surface area contributed by atoms with Gasteiger partial charge >= 0.3 is 12.2 Å². The summed E-state index contributed by atoms with van der Waals surface area (Å²) >= 11 is 0. The smallest absolute Gasteiger partial charge is 0.323 e. The summed E-state index contributed by atoms with van der Waals surface area (Å²) < 4.78 is 0. The first-order chi connectivity index (χ1) is 6.07. The Kier molecular flexibility index (Phi) is 5.34. The van der Waals surface area contributed by atoms with E-state index in [-0.39, 0.29) is 18.6 Å². The summed E-state index contributed by atoms with van der Waals surface area (Å²) in [6.45, 7) is 0. The summed E-state index contributed by atoms with van der Waals surface area (Å²) in [7, 11) is 0. The fourth-order valence-corrected chi connectivity index (χ4v) is 0.749. The molecule has 0 aliphatic rings. The van der Waals surface area contributed by atoms with Crippen LogP contribution in [0.25, 0.3) is 5.53 Å². The first-order valence-electron chi connectivity index (χ1n) is 3.76. The molecule has 0 aromatic carbocycles. The number of Topliss-reactive ketones (excluding diaryl/α,β-unsaturated/α-hetero) is 1. The molecule has 0 spiro atoms. The molecule has 0 fully saturated rings. The maximum atomic E-state index is 10.7. The third kappa shape index (κ3) is 5.72. The number of rotatable bonds is 6. The molecule has 0 radical (unpaired) electrons. The van der Waals surface area contributed by atoms with Crippen LogP contribution in [0, 0.1) is 0 Å². The lowest BCUT2D eigenvalue weighted by atomic mass is 10.1. The van der Waals surface area contributed by atoms with E-state index >= 15 is 0 Å². The average molecular weight is 185 g/mol. The molecule has 1 atom stereocenters. The third-order valence-corrected chi connectivity index (χ3v) is 1.46. The van der Waals surface area contributed by atoms with Crippen LogP contribution in [0.4, 0.5) is 0 Å². The van der Waals surface area contributed by atoms with Crippen molar-refractivity contribution in [2.45, 2.75) is 25.3 Å². The zero-order valence-electron chi connectivity index (χ0n) is 7.01. The fourth-order valence-electron chi connectivity index (χ4n) is 0.749. The molecule has 6 nitrogen and oxygen atoms in total. The third-order valence-electron chi connectivity index (χ3n) is 1.46. The molecule has 0 aliphatic heterocycles. The zero-order chi connectivity index (χ0) is 10.3. The van der Waals surface area contributed by atoms with Gasteiger partial charge in [-0.05, 0) is 12.8 Å². The Balaban J connectivity index is 3.62. The van der Waals surface area contributed by atoms with Gasteiger partial charge in [0.2, 0.25) is 5.78 Å². The highest BCUT2D eigenvalue weighted by molar-refractivity contribution is 6.25. The maximum absolute atomic E-state index is 10.7. The molecule has 3 N–H and O–H groups in total. The minimum absolute atomic E-state index is 0.144. The minimum Gasteiger partial charge on any atom is -0.480 e. The van der Waals surface area contributed by atoms with Crippen LogP contribution >= 0.6 is 0 Å². The Morgan fingerprint density at radius 1 is 1.62 bits per heavy atom. The van der Waals surface area contributed by atoms with Gasteiger partial charge in [0.15, 0.2) is 0 Å². The van der Waals surface area contributed by atoms with Crippen molar-refractivity contribution in [2.24, 2.45) is 5.73 Å². The number of nitrogens with two attached hydrogens (primary N) is 1. The second kappa shape index (κ2) is 6.05. The van der Waals surface area contributed by atoms with Crippen molar-refractivity contribution in [1.29, 1.82) is 0 Å². The molecule has 0 aromatic heterocycles. The second-order valence-electron chi connectivity index (χ2n) is 2.55. The van der Waals surface area contributed by atoms with E-state index in [0.717, 1.165) is 6.21 Å². The summed E-state index contributed by atoms with van der Waals surface area (Å²) in [6, 6.07) is -0.932. The van der Waals surface area contributed by atoms with Crippen molar-refractivity contribution in [3.05, 3.63) is 5.53 Å². The molecule has 0 aromatic rings. The molecule has 0 saturated heterocycles. The van der Waals surface area contributed by atoms with E-state index in [1.807, 2.05) is 0 Å². The zero-order valence-corrected chi connectivity index (χ0v) is 7.01. The van der Waals surface area contributed by atoms with Gasteiger partial charge in [-0.15, -0.1) is 0 Å². The quantitative estimate of drug-likeness (QED) is 0.327. The number of hydrogen-bond acceptors (Lipinski definition) is 3. The van der Waals surface area contributed by atoms with E-state index in [9.17, 15) is 9.59 Å². The van der Waals surface area contributed by atoms with Crippen molar-refractivity contribution in [3.63, 3.8) is 0 Å². The topological polar surface area (TPSA) is 117 Å². The van der Waals surface area contributed by atoms with Crippen molar-refractivity contribution in [2.75, 3.05) is 0 Å². The Morgan fingerprint density at radius 2 is 2.23 bits per heavy atom. The van der Waals surface area contributed by atoms with Gasteiger partial charge in [-0.1, -0.05) is 0 Å². The van der Waals surface area contributed by atoms with Crippen molar-refractivity contribution in [3.8, 4) is 0 Å². The number of carbonyl (C=O) groups excluding carboxylic acids is 1. The van der Waals surface area contributed by atoms with Crippen molar-refractivity contribution >= 4 is 18.0 Å². The lowest BCUT2D eigenvalue weighted by molar-refractivity contribution is -0.138. The van der Waals surface area contributed by atoms with Gasteiger partial charge in [0, 0.05) is 6.42 Å². The molecule has 72 valence electrons.